The summed E-state index contributed by atoms with van der Waals surface area (Å²) in [6, 6.07) is 3.71. The van der Waals surface area contributed by atoms with Gasteiger partial charge in [0.15, 0.2) is 0 Å². The molecule has 0 radical (unpaired) electrons. The lowest BCUT2D eigenvalue weighted by molar-refractivity contribution is 0.215. The maximum atomic E-state index is 13.6. The van der Waals surface area contributed by atoms with E-state index in [1.165, 1.54) is 12.1 Å². The highest BCUT2D eigenvalue weighted by Gasteiger charge is 2.19. The lowest BCUT2D eigenvalue weighted by atomic mass is 10.2. The van der Waals surface area contributed by atoms with Crippen molar-refractivity contribution in [3.8, 4) is 0 Å². The summed E-state index contributed by atoms with van der Waals surface area (Å²) in [5.74, 6) is -1.04. The monoisotopic (exact) mass is 256 g/mol. The summed E-state index contributed by atoms with van der Waals surface area (Å²) >= 11 is 0. The summed E-state index contributed by atoms with van der Waals surface area (Å²) in [5.41, 5.74) is 0.471. The molecular weight excluding hydrogens is 238 g/mol. The van der Waals surface area contributed by atoms with Gasteiger partial charge in [0.25, 0.3) is 0 Å². The van der Waals surface area contributed by atoms with Gasteiger partial charge < -0.3 is 10.0 Å². The van der Waals surface area contributed by atoms with Crippen molar-refractivity contribution in [2.24, 2.45) is 0 Å². The number of aliphatic hydroxyl groups is 1. The van der Waals surface area contributed by atoms with Crippen LogP contribution in [0.1, 0.15) is 6.42 Å². The van der Waals surface area contributed by atoms with Crippen LogP contribution in [0.25, 0.3) is 0 Å². The minimum Gasteiger partial charge on any atom is -0.396 e. The second-order valence-electron chi connectivity index (χ2n) is 4.50. The number of nitrogens with zero attached hydrogens (tertiary/aromatic N) is 2. The summed E-state index contributed by atoms with van der Waals surface area (Å²) in [4.78, 5) is 4.18. The first-order chi connectivity index (χ1) is 8.70. The van der Waals surface area contributed by atoms with Crippen LogP contribution in [-0.2, 0) is 0 Å². The largest absolute Gasteiger partial charge is 0.396 e. The number of halogens is 2. The van der Waals surface area contributed by atoms with Crippen LogP contribution < -0.4 is 4.90 Å². The molecule has 0 atom stereocenters. The third-order valence-corrected chi connectivity index (χ3v) is 3.26. The summed E-state index contributed by atoms with van der Waals surface area (Å²) in [6.07, 6.45) is 0.769. The fourth-order valence-corrected chi connectivity index (χ4v) is 2.24. The molecule has 1 aromatic rings. The van der Waals surface area contributed by atoms with E-state index in [0.29, 0.717) is 5.69 Å². The minimum absolute atomic E-state index is 0.201. The van der Waals surface area contributed by atoms with E-state index < -0.39 is 11.6 Å². The smallest absolute Gasteiger partial charge is 0.149 e. The minimum atomic E-state index is -0.544. The Hall–Kier alpha value is -1.20. The van der Waals surface area contributed by atoms with Crippen LogP contribution >= 0.6 is 0 Å². The Morgan fingerprint density at radius 3 is 2.44 bits per heavy atom. The molecule has 0 saturated carbocycles. The van der Waals surface area contributed by atoms with Crippen LogP contribution in [0.2, 0.25) is 0 Å². The highest BCUT2D eigenvalue weighted by Crippen LogP contribution is 2.21. The molecule has 1 heterocycles. The van der Waals surface area contributed by atoms with Crippen molar-refractivity contribution in [1.29, 1.82) is 0 Å². The van der Waals surface area contributed by atoms with E-state index in [1.807, 2.05) is 4.90 Å². The molecule has 2 rings (SSSR count). The molecule has 3 nitrogen and oxygen atoms in total. The Bertz CT molecular complexity index is 393. The molecule has 18 heavy (non-hydrogen) atoms. The van der Waals surface area contributed by atoms with Gasteiger partial charge in [-0.05, 0) is 18.6 Å². The lowest BCUT2D eigenvalue weighted by Crippen LogP contribution is -2.47. The van der Waals surface area contributed by atoms with Gasteiger partial charge in [-0.15, -0.1) is 0 Å². The van der Waals surface area contributed by atoms with E-state index in [0.717, 1.165) is 45.2 Å². The predicted octanol–water partition coefficient (Wildman–Crippen LogP) is 1.47. The van der Waals surface area contributed by atoms with Gasteiger partial charge in [0, 0.05) is 45.4 Å². The van der Waals surface area contributed by atoms with E-state index in [-0.39, 0.29) is 6.61 Å². The second kappa shape index (κ2) is 6.11. The number of rotatable bonds is 4. The summed E-state index contributed by atoms with van der Waals surface area (Å²) in [7, 11) is 0. The molecule has 0 spiro atoms. The molecule has 1 aliphatic heterocycles. The molecular formula is C13H18F2N2O. The molecule has 5 heteroatoms. The van der Waals surface area contributed by atoms with Crippen LogP contribution in [0.3, 0.4) is 0 Å². The summed E-state index contributed by atoms with van der Waals surface area (Å²) < 4.78 is 26.4. The van der Waals surface area contributed by atoms with E-state index in [9.17, 15) is 8.78 Å². The zero-order valence-electron chi connectivity index (χ0n) is 10.3. The maximum Gasteiger partial charge on any atom is 0.149 e. The third-order valence-electron chi connectivity index (χ3n) is 3.26. The van der Waals surface area contributed by atoms with Gasteiger partial charge in [-0.2, -0.15) is 0 Å². The van der Waals surface area contributed by atoms with E-state index in [1.54, 1.807) is 0 Å². The summed E-state index contributed by atoms with van der Waals surface area (Å²) in [5, 5.41) is 8.77. The zero-order valence-corrected chi connectivity index (χ0v) is 10.3. The molecule has 1 aliphatic rings. The molecule has 1 fully saturated rings. The predicted molar refractivity (Wildman–Crippen MR) is 66.7 cm³/mol. The Kier molecular flexibility index (Phi) is 4.49. The fraction of sp³-hybridized carbons (Fsp3) is 0.538. The number of hydrogen-bond acceptors (Lipinski definition) is 3. The van der Waals surface area contributed by atoms with Crippen molar-refractivity contribution in [3.05, 3.63) is 29.8 Å². The van der Waals surface area contributed by atoms with Crippen LogP contribution in [0.4, 0.5) is 14.5 Å². The Morgan fingerprint density at radius 2 is 1.83 bits per heavy atom. The molecule has 0 amide bonds. The Morgan fingerprint density at radius 1 is 1.11 bits per heavy atom. The molecule has 0 aromatic heterocycles. The topological polar surface area (TPSA) is 26.7 Å². The van der Waals surface area contributed by atoms with Gasteiger partial charge in [0.1, 0.15) is 11.6 Å². The van der Waals surface area contributed by atoms with Crippen molar-refractivity contribution >= 4 is 5.69 Å². The van der Waals surface area contributed by atoms with Crippen LogP contribution in [0, 0.1) is 11.6 Å². The Balaban J connectivity index is 1.93. The van der Waals surface area contributed by atoms with Crippen molar-refractivity contribution in [2.45, 2.75) is 6.42 Å². The number of anilines is 1. The first-order valence-electron chi connectivity index (χ1n) is 6.24. The van der Waals surface area contributed by atoms with Gasteiger partial charge >= 0.3 is 0 Å². The third kappa shape index (κ3) is 3.17. The van der Waals surface area contributed by atoms with Gasteiger partial charge in [0.05, 0.1) is 5.69 Å². The number of piperazine rings is 1. The molecule has 1 aromatic carbocycles. The van der Waals surface area contributed by atoms with Crippen LogP contribution in [0.15, 0.2) is 18.2 Å². The van der Waals surface area contributed by atoms with Crippen molar-refractivity contribution in [1.82, 2.24) is 4.90 Å². The molecule has 1 saturated heterocycles. The average molecular weight is 256 g/mol. The van der Waals surface area contributed by atoms with Crippen LogP contribution in [0.5, 0.6) is 0 Å². The lowest BCUT2D eigenvalue weighted by Gasteiger charge is -2.36. The quantitative estimate of drug-likeness (QED) is 0.883. The first-order valence-corrected chi connectivity index (χ1v) is 6.24. The molecule has 1 N–H and O–H groups in total. The number of hydrogen-bond donors (Lipinski definition) is 1. The SMILES string of the molecule is OCCCN1CCN(c2ccc(F)cc2F)CC1. The van der Waals surface area contributed by atoms with E-state index >= 15 is 0 Å². The van der Waals surface area contributed by atoms with Crippen LogP contribution in [-0.4, -0.2) is 49.3 Å². The van der Waals surface area contributed by atoms with E-state index in [2.05, 4.69) is 4.90 Å². The van der Waals surface area contributed by atoms with Gasteiger partial charge in [-0.3, -0.25) is 4.90 Å². The highest BCUT2D eigenvalue weighted by atomic mass is 19.1. The van der Waals surface area contributed by atoms with Gasteiger partial charge in [-0.25, -0.2) is 8.78 Å². The molecule has 0 aliphatic carbocycles. The van der Waals surface area contributed by atoms with Gasteiger partial charge in [0.2, 0.25) is 0 Å². The molecule has 100 valence electrons. The van der Waals surface area contributed by atoms with Crippen molar-refractivity contribution in [2.75, 3.05) is 44.2 Å². The number of aliphatic hydroxyl groups excluding tert-OH is 1. The summed E-state index contributed by atoms with van der Waals surface area (Å²) in [6.45, 7) is 4.22. The van der Waals surface area contributed by atoms with E-state index in [4.69, 9.17) is 5.11 Å². The molecule has 0 unspecified atom stereocenters. The average Bonchev–Trinajstić information content (AvgIpc) is 2.37. The van der Waals surface area contributed by atoms with Crippen molar-refractivity contribution < 1.29 is 13.9 Å². The normalized spacial score (nSPS) is 17.2. The number of benzene rings is 1. The zero-order chi connectivity index (χ0) is 13.0. The molecule has 0 bridgehead atoms. The van der Waals surface area contributed by atoms with Gasteiger partial charge in [-0.1, -0.05) is 0 Å². The standard InChI is InChI=1S/C13H18F2N2O/c14-11-2-3-13(12(15)10-11)17-7-5-16(6-8-17)4-1-9-18/h2-3,10,18H,1,4-9H2. The first kappa shape index (κ1) is 13.2. The highest BCUT2D eigenvalue weighted by molar-refractivity contribution is 5.48. The Labute approximate surface area is 106 Å². The second-order valence-corrected chi connectivity index (χ2v) is 4.50. The fourth-order valence-electron chi connectivity index (χ4n) is 2.24. The maximum absolute atomic E-state index is 13.6. The van der Waals surface area contributed by atoms with Crippen molar-refractivity contribution in [3.63, 3.8) is 0 Å².